The number of carbonyl (C=O) groups is 1. The third-order valence-electron chi connectivity index (χ3n) is 3.17. The number of nitro groups is 1. The van der Waals surface area contributed by atoms with Gasteiger partial charge in [0.25, 0.3) is 5.69 Å². The minimum Gasteiger partial charge on any atom is -0.368 e. The Hall–Kier alpha value is -2.37. The van der Waals surface area contributed by atoms with Crippen LogP contribution in [0.5, 0.6) is 0 Å². The summed E-state index contributed by atoms with van der Waals surface area (Å²) in [5, 5.41) is 10.7. The maximum Gasteiger partial charge on any atom is 0.271 e. The molecule has 1 heterocycles. The number of non-ortho nitro benzene ring substituents is 1. The van der Waals surface area contributed by atoms with Crippen LogP contribution in [0.2, 0.25) is 0 Å². The van der Waals surface area contributed by atoms with E-state index in [4.69, 9.17) is 0 Å². The maximum absolute atomic E-state index is 11.5. The van der Waals surface area contributed by atoms with E-state index >= 15 is 0 Å². The van der Waals surface area contributed by atoms with E-state index in [0.717, 1.165) is 5.69 Å². The highest BCUT2D eigenvalue weighted by Gasteiger charge is 2.20. The van der Waals surface area contributed by atoms with Crippen molar-refractivity contribution in [3.8, 4) is 0 Å². The van der Waals surface area contributed by atoms with Gasteiger partial charge in [-0.3, -0.25) is 14.9 Å². The third kappa shape index (κ3) is 2.90. The summed E-state index contributed by atoms with van der Waals surface area (Å²) in [5.74, 6) is -0.0707. The normalized spacial score (nSPS) is 15.2. The van der Waals surface area contributed by atoms with E-state index in [-0.39, 0.29) is 11.6 Å². The van der Waals surface area contributed by atoms with Crippen LogP contribution in [0.4, 0.5) is 11.4 Å². The molecule has 0 saturated carbocycles. The van der Waals surface area contributed by atoms with Gasteiger partial charge in [0.1, 0.15) is 0 Å². The SMILES string of the molecule is C=CC(=O)N1CCN(c2cccc([N+](=O)[O-])c2)CC1. The molecule has 19 heavy (non-hydrogen) atoms. The van der Waals surface area contributed by atoms with Crippen molar-refractivity contribution in [1.82, 2.24) is 4.90 Å². The molecule has 0 radical (unpaired) electrons. The van der Waals surface area contributed by atoms with Gasteiger partial charge in [-0.1, -0.05) is 12.6 Å². The molecule has 0 N–H and O–H groups in total. The first-order valence-electron chi connectivity index (χ1n) is 6.02. The molecule has 0 atom stereocenters. The van der Waals surface area contributed by atoms with E-state index in [9.17, 15) is 14.9 Å². The topological polar surface area (TPSA) is 66.7 Å². The fraction of sp³-hybridized carbons (Fsp3) is 0.308. The van der Waals surface area contributed by atoms with Crippen LogP contribution in [0.1, 0.15) is 0 Å². The van der Waals surface area contributed by atoms with Crippen LogP contribution in [0, 0.1) is 10.1 Å². The second-order valence-corrected chi connectivity index (χ2v) is 4.29. The Morgan fingerprint density at radius 3 is 2.58 bits per heavy atom. The average molecular weight is 261 g/mol. The van der Waals surface area contributed by atoms with Crippen LogP contribution in [0.3, 0.4) is 0 Å². The molecule has 1 aliphatic rings. The van der Waals surface area contributed by atoms with E-state index in [1.54, 1.807) is 17.0 Å². The quantitative estimate of drug-likeness (QED) is 0.469. The van der Waals surface area contributed by atoms with Crippen molar-refractivity contribution >= 4 is 17.3 Å². The lowest BCUT2D eigenvalue weighted by Crippen LogP contribution is -2.48. The molecule has 0 unspecified atom stereocenters. The van der Waals surface area contributed by atoms with Crippen molar-refractivity contribution in [3.63, 3.8) is 0 Å². The Labute approximate surface area is 111 Å². The van der Waals surface area contributed by atoms with Crippen LogP contribution < -0.4 is 4.90 Å². The zero-order chi connectivity index (χ0) is 13.8. The zero-order valence-corrected chi connectivity index (χ0v) is 10.5. The van der Waals surface area contributed by atoms with Crippen molar-refractivity contribution in [1.29, 1.82) is 0 Å². The molecule has 1 aromatic carbocycles. The Bertz CT molecular complexity index is 508. The van der Waals surface area contributed by atoms with Gasteiger partial charge in [-0.15, -0.1) is 0 Å². The molecule has 2 rings (SSSR count). The van der Waals surface area contributed by atoms with Gasteiger partial charge in [-0.2, -0.15) is 0 Å². The van der Waals surface area contributed by atoms with Gasteiger partial charge in [0.05, 0.1) is 4.92 Å². The standard InChI is InChI=1S/C13H15N3O3/c1-2-13(17)15-8-6-14(7-9-15)11-4-3-5-12(10-11)16(18)19/h2-5,10H,1,6-9H2. The Balaban J connectivity index is 2.05. The van der Waals surface area contributed by atoms with E-state index in [2.05, 4.69) is 6.58 Å². The number of carbonyl (C=O) groups excluding carboxylic acids is 1. The second kappa shape index (κ2) is 5.51. The van der Waals surface area contributed by atoms with Crippen LogP contribution in [0.25, 0.3) is 0 Å². The number of nitrogens with zero attached hydrogens (tertiary/aromatic N) is 3. The average Bonchev–Trinajstić information content (AvgIpc) is 2.46. The molecule has 0 bridgehead atoms. The van der Waals surface area contributed by atoms with Gasteiger partial charge in [0, 0.05) is 44.0 Å². The van der Waals surface area contributed by atoms with Gasteiger partial charge >= 0.3 is 0 Å². The predicted octanol–water partition coefficient (Wildman–Crippen LogP) is 1.43. The van der Waals surface area contributed by atoms with Crippen molar-refractivity contribution in [2.75, 3.05) is 31.1 Å². The fourth-order valence-corrected chi connectivity index (χ4v) is 2.12. The molecule has 0 spiro atoms. The lowest BCUT2D eigenvalue weighted by Gasteiger charge is -2.35. The molecule has 100 valence electrons. The number of hydrogen-bond donors (Lipinski definition) is 0. The molecule has 1 saturated heterocycles. The van der Waals surface area contributed by atoms with Gasteiger partial charge in [0.15, 0.2) is 0 Å². The molecule has 1 amide bonds. The largest absolute Gasteiger partial charge is 0.368 e. The van der Waals surface area contributed by atoms with Crippen molar-refractivity contribution in [2.24, 2.45) is 0 Å². The van der Waals surface area contributed by atoms with Crippen LogP contribution in [-0.2, 0) is 4.79 Å². The minimum absolute atomic E-state index is 0.0707. The lowest BCUT2D eigenvalue weighted by molar-refractivity contribution is -0.384. The van der Waals surface area contributed by atoms with Crippen LogP contribution in [0.15, 0.2) is 36.9 Å². The summed E-state index contributed by atoms with van der Waals surface area (Å²) in [7, 11) is 0. The smallest absolute Gasteiger partial charge is 0.271 e. The summed E-state index contributed by atoms with van der Waals surface area (Å²) in [6.45, 7) is 6.01. The molecule has 1 fully saturated rings. The van der Waals surface area contributed by atoms with E-state index in [0.29, 0.717) is 26.2 Å². The summed E-state index contributed by atoms with van der Waals surface area (Å²) in [6, 6.07) is 6.55. The second-order valence-electron chi connectivity index (χ2n) is 4.29. The first-order chi connectivity index (χ1) is 9.11. The fourth-order valence-electron chi connectivity index (χ4n) is 2.12. The number of amides is 1. The Morgan fingerprint density at radius 2 is 2.00 bits per heavy atom. The summed E-state index contributed by atoms with van der Waals surface area (Å²) in [5.41, 5.74) is 0.905. The summed E-state index contributed by atoms with van der Waals surface area (Å²) in [6.07, 6.45) is 1.31. The number of piperazine rings is 1. The first-order valence-corrected chi connectivity index (χ1v) is 6.02. The van der Waals surface area contributed by atoms with E-state index in [1.807, 2.05) is 11.0 Å². The number of benzene rings is 1. The molecular weight excluding hydrogens is 246 g/mol. The highest BCUT2D eigenvalue weighted by molar-refractivity contribution is 5.87. The first kappa shape index (κ1) is 13.1. The van der Waals surface area contributed by atoms with E-state index in [1.165, 1.54) is 12.1 Å². The third-order valence-corrected chi connectivity index (χ3v) is 3.17. The van der Waals surface area contributed by atoms with Gasteiger partial charge in [-0.25, -0.2) is 0 Å². The molecule has 0 aromatic heterocycles. The molecule has 0 aliphatic carbocycles. The van der Waals surface area contributed by atoms with Gasteiger partial charge in [-0.05, 0) is 12.1 Å². The Kier molecular flexibility index (Phi) is 3.79. The summed E-state index contributed by atoms with van der Waals surface area (Å²) in [4.78, 5) is 25.6. The van der Waals surface area contributed by atoms with Crippen molar-refractivity contribution in [2.45, 2.75) is 0 Å². The summed E-state index contributed by atoms with van der Waals surface area (Å²) < 4.78 is 0. The number of rotatable bonds is 3. The molecule has 1 aliphatic heterocycles. The number of hydrogen-bond acceptors (Lipinski definition) is 4. The number of anilines is 1. The maximum atomic E-state index is 11.5. The van der Waals surface area contributed by atoms with Crippen LogP contribution in [-0.4, -0.2) is 41.9 Å². The predicted molar refractivity (Wildman–Crippen MR) is 72.1 cm³/mol. The zero-order valence-electron chi connectivity index (χ0n) is 10.5. The Morgan fingerprint density at radius 1 is 1.32 bits per heavy atom. The molecule has 6 heteroatoms. The van der Waals surface area contributed by atoms with Gasteiger partial charge in [0.2, 0.25) is 5.91 Å². The monoisotopic (exact) mass is 261 g/mol. The molecular formula is C13H15N3O3. The van der Waals surface area contributed by atoms with Crippen LogP contribution >= 0.6 is 0 Å². The van der Waals surface area contributed by atoms with Crippen molar-refractivity contribution in [3.05, 3.63) is 47.0 Å². The summed E-state index contributed by atoms with van der Waals surface area (Å²) >= 11 is 0. The van der Waals surface area contributed by atoms with Gasteiger partial charge < -0.3 is 9.80 Å². The highest BCUT2D eigenvalue weighted by atomic mass is 16.6. The molecule has 6 nitrogen and oxygen atoms in total. The lowest BCUT2D eigenvalue weighted by atomic mass is 10.2. The minimum atomic E-state index is -0.402. The van der Waals surface area contributed by atoms with E-state index < -0.39 is 4.92 Å². The molecule has 1 aromatic rings. The van der Waals surface area contributed by atoms with Crippen molar-refractivity contribution < 1.29 is 9.72 Å². The highest BCUT2D eigenvalue weighted by Crippen LogP contribution is 2.22. The number of nitro benzene ring substituents is 1.